The summed E-state index contributed by atoms with van der Waals surface area (Å²) >= 11 is 6.31. The van der Waals surface area contributed by atoms with Crippen LogP contribution in [0.2, 0.25) is 5.02 Å². The molecule has 12 heteroatoms. The molecule has 0 spiro atoms. The molecular formula is C19H19ClN8O3. The van der Waals surface area contributed by atoms with Crippen LogP contribution < -0.4 is 10.1 Å². The lowest BCUT2D eigenvalue weighted by Gasteiger charge is -2.10. The fourth-order valence-corrected chi connectivity index (χ4v) is 3.08. The number of halogens is 1. The predicted molar refractivity (Wildman–Crippen MR) is 112 cm³/mol. The normalized spacial score (nSPS) is 11.1. The third-order valence-corrected chi connectivity index (χ3v) is 4.44. The molecular weight excluding hydrogens is 424 g/mol. The van der Waals surface area contributed by atoms with Crippen molar-refractivity contribution in [3.63, 3.8) is 0 Å². The number of tetrazole rings is 1. The van der Waals surface area contributed by atoms with Crippen molar-refractivity contribution < 1.29 is 14.3 Å². The number of ether oxygens (including phenoxy) is 2. The minimum Gasteiger partial charge on any atom is -0.458 e. The van der Waals surface area contributed by atoms with Crippen LogP contribution in [0.1, 0.15) is 19.5 Å². The third-order valence-electron chi connectivity index (χ3n) is 4.13. The van der Waals surface area contributed by atoms with Gasteiger partial charge in [0.05, 0.1) is 22.3 Å². The Hall–Kier alpha value is -3.73. The number of benzene rings is 1. The molecule has 0 saturated heterocycles. The standard InChI is InChI=1S/C19H19ClN8O3/c1-11(2)31-19(29)22-15-9-4-6-12(21-15)10-30-18-23-16-13(20)7-5-8-14(16)28(18)17-24-25-26-27(17)3/h4-9,11H,10H2,1-3H3,(H,21,22,29). The van der Waals surface area contributed by atoms with Crippen molar-refractivity contribution in [3.05, 3.63) is 47.1 Å². The SMILES string of the molecule is CC(C)OC(=O)Nc1cccc(COc2nc3c(Cl)cccc3n2-c2nnnn2C)n1. The van der Waals surface area contributed by atoms with Gasteiger partial charge in [-0.1, -0.05) is 28.8 Å². The highest BCUT2D eigenvalue weighted by molar-refractivity contribution is 6.35. The number of anilines is 1. The molecule has 4 aromatic rings. The van der Waals surface area contributed by atoms with E-state index < -0.39 is 6.09 Å². The monoisotopic (exact) mass is 442 g/mol. The minimum absolute atomic E-state index is 0.0843. The van der Waals surface area contributed by atoms with Gasteiger partial charge in [-0.2, -0.15) is 4.98 Å². The van der Waals surface area contributed by atoms with Crippen LogP contribution in [-0.4, -0.2) is 46.9 Å². The van der Waals surface area contributed by atoms with E-state index in [4.69, 9.17) is 21.1 Å². The number of rotatable bonds is 6. The van der Waals surface area contributed by atoms with Crippen molar-refractivity contribution in [2.75, 3.05) is 5.32 Å². The lowest BCUT2D eigenvalue weighted by molar-refractivity contribution is 0.130. The summed E-state index contributed by atoms with van der Waals surface area (Å²) in [4.78, 5) is 20.7. The van der Waals surface area contributed by atoms with E-state index in [9.17, 15) is 4.79 Å². The largest absolute Gasteiger partial charge is 0.458 e. The van der Waals surface area contributed by atoms with E-state index >= 15 is 0 Å². The van der Waals surface area contributed by atoms with E-state index in [1.807, 2.05) is 12.1 Å². The molecule has 0 aliphatic rings. The first-order valence-electron chi connectivity index (χ1n) is 9.38. The third kappa shape index (κ3) is 4.40. The summed E-state index contributed by atoms with van der Waals surface area (Å²) in [6.45, 7) is 3.62. The van der Waals surface area contributed by atoms with Crippen molar-refractivity contribution in [2.45, 2.75) is 26.6 Å². The maximum Gasteiger partial charge on any atom is 0.413 e. The Morgan fingerprint density at radius 1 is 1.19 bits per heavy atom. The number of para-hydroxylation sites is 1. The second kappa shape index (κ2) is 8.56. The Morgan fingerprint density at radius 3 is 2.74 bits per heavy atom. The smallest absolute Gasteiger partial charge is 0.413 e. The number of amides is 1. The van der Waals surface area contributed by atoms with Gasteiger partial charge in [-0.3, -0.25) is 5.32 Å². The van der Waals surface area contributed by atoms with Crippen LogP contribution in [0.5, 0.6) is 6.01 Å². The lowest BCUT2D eigenvalue weighted by Crippen LogP contribution is -2.19. The quantitative estimate of drug-likeness (QED) is 0.483. The van der Waals surface area contributed by atoms with Gasteiger partial charge < -0.3 is 9.47 Å². The maximum atomic E-state index is 11.8. The summed E-state index contributed by atoms with van der Waals surface area (Å²) in [6, 6.07) is 10.8. The molecule has 0 saturated carbocycles. The molecule has 3 heterocycles. The molecule has 0 fully saturated rings. The van der Waals surface area contributed by atoms with Crippen molar-refractivity contribution in [2.24, 2.45) is 7.05 Å². The van der Waals surface area contributed by atoms with Crippen molar-refractivity contribution in [3.8, 4) is 12.0 Å². The van der Waals surface area contributed by atoms with Crippen molar-refractivity contribution in [1.82, 2.24) is 34.7 Å². The number of aryl methyl sites for hydroxylation is 1. The lowest BCUT2D eigenvalue weighted by atomic mass is 10.3. The molecule has 3 aromatic heterocycles. The number of nitrogens with one attached hydrogen (secondary N) is 1. The van der Waals surface area contributed by atoms with E-state index in [-0.39, 0.29) is 18.7 Å². The first kappa shape index (κ1) is 20.5. The molecule has 31 heavy (non-hydrogen) atoms. The van der Waals surface area contributed by atoms with Crippen LogP contribution in [-0.2, 0) is 18.4 Å². The average molecular weight is 443 g/mol. The molecule has 0 bridgehead atoms. The minimum atomic E-state index is -0.577. The molecule has 0 radical (unpaired) electrons. The maximum absolute atomic E-state index is 11.8. The topological polar surface area (TPSA) is 122 Å². The number of hydrogen-bond acceptors (Lipinski definition) is 8. The van der Waals surface area contributed by atoms with Gasteiger partial charge in [0.15, 0.2) is 0 Å². The van der Waals surface area contributed by atoms with Gasteiger partial charge >= 0.3 is 12.1 Å². The second-order valence-corrected chi connectivity index (χ2v) is 7.23. The summed E-state index contributed by atoms with van der Waals surface area (Å²) in [5.74, 6) is 0.764. The zero-order chi connectivity index (χ0) is 22.0. The predicted octanol–water partition coefficient (Wildman–Crippen LogP) is 3.13. The molecule has 1 N–H and O–H groups in total. The molecule has 160 valence electrons. The van der Waals surface area contributed by atoms with Crippen LogP contribution >= 0.6 is 11.6 Å². The number of carbonyl (C=O) groups is 1. The van der Waals surface area contributed by atoms with Gasteiger partial charge in [0.1, 0.15) is 17.9 Å². The average Bonchev–Trinajstić information content (AvgIpc) is 3.29. The first-order valence-corrected chi connectivity index (χ1v) is 9.76. The fraction of sp³-hybridized carbons (Fsp3) is 0.263. The second-order valence-electron chi connectivity index (χ2n) is 6.82. The van der Waals surface area contributed by atoms with Crippen LogP contribution in [0.3, 0.4) is 0 Å². The first-order chi connectivity index (χ1) is 14.9. The van der Waals surface area contributed by atoms with E-state index in [0.717, 1.165) is 0 Å². The van der Waals surface area contributed by atoms with E-state index in [1.54, 1.807) is 49.7 Å². The molecule has 0 unspecified atom stereocenters. The van der Waals surface area contributed by atoms with Crippen LogP contribution in [0.4, 0.5) is 10.6 Å². The molecule has 4 rings (SSSR count). The number of carbonyl (C=O) groups excluding carboxylic acids is 1. The summed E-state index contributed by atoms with van der Waals surface area (Å²) in [7, 11) is 1.71. The molecule has 11 nitrogen and oxygen atoms in total. The zero-order valence-electron chi connectivity index (χ0n) is 17.0. The Kier molecular flexibility index (Phi) is 5.67. The van der Waals surface area contributed by atoms with E-state index in [0.29, 0.717) is 33.5 Å². The van der Waals surface area contributed by atoms with E-state index in [1.165, 1.54) is 4.68 Å². The fourth-order valence-electron chi connectivity index (χ4n) is 2.86. The van der Waals surface area contributed by atoms with Gasteiger partial charge in [0.25, 0.3) is 5.95 Å². The molecule has 1 aromatic carbocycles. The zero-order valence-corrected chi connectivity index (χ0v) is 17.7. The Balaban J connectivity index is 1.60. The highest BCUT2D eigenvalue weighted by Crippen LogP contribution is 2.29. The number of aromatic nitrogens is 7. The van der Waals surface area contributed by atoms with Gasteiger partial charge in [0.2, 0.25) is 0 Å². The summed E-state index contributed by atoms with van der Waals surface area (Å²) in [5.41, 5.74) is 1.82. The number of imidazole rings is 1. The van der Waals surface area contributed by atoms with Gasteiger partial charge in [-0.15, -0.1) is 0 Å². The Morgan fingerprint density at radius 2 is 2.00 bits per heavy atom. The number of pyridine rings is 1. The molecule has 0 aliphatic carbocycles. The van der Waals surface area contributed by atoms with Crippen molar-refractivity contribution in [1.29, 1.82) is 0 Å². The Bertz CT molecular complexity index is 1240. The summed E-state index contributed by atoms with van der Waals surface area (Å²) in [5, 5.41) is 14.7. The number of nitrogens with zero attached hydrogens (tertiary/aromatic N) is 7. The van der Waals surface area contributed by atoms with Gasteiger partial charge in [0, 0.05) is 7.05 Å². The van der Waals surface area contributed by atoms with Gasteiger partial charge in [-0.25, -0.2) is 19.0 Å². The number of hydrogen-bond donors (Lipinski definition) is 1. The Labute approximate surface area is 182 Å². The van der Waals surface area contributed by atoms with Crippen LogP contribution in [0.15, 0.2) is 36.4 Å². The highest BCUT2D eigenvalue weighted by atomic mass is 35.5. The molecule has 0 atom stereocenters. The van der Waals surface area contributed by atoms with Crippen molar-refractivity contribution >= 4 is 34.5 Å². The van der Waals surface area contributed by atoms with Gasteiger partial charge in [-0.05, 0) is 48.5 Å². The summed E-state index contributed by atoms with van der Waals surface area (Å²) in [6.07, 6.45) is -0.812. The molecule has 1 amide bonds. The number of fused-ring (bicyclic) bond motifs is 1. The molecule has 0 aliphatic heterocycles. The van der Waals surface area contributed by atoms with Crippen LogP contribution in [0, 0.1) is 0 Å². The highest BCUT2D eigenvalue weighted by Gasteiger charge is 2.20. The summed E-state index contributed by atoms with van der Waals surface area (Å²) < 4.78 is 14.2. The van der Waals surface area contributed by atoms with E-state index in [2.05, 4.69) is 30.8 Å². The van der Waals surface area contributed by atoms with Crippen LogP contribution in [0.25, 0.3) is 17.0 Å².